The molecule has 0 fully saturated rings. The highest BCUT2D eigenvalue weighted by Crippen LogP contribution is 2.43. The summed E-state index contributed by atoms with van der Waals surface area (Å²) < 4.78 is 31.1. The van der Waals surface area contributed by atoms with Crippen molar-refractivity contribution in [3.8, 4) is 11.5 Å². The first-order valence-electron chi connectivity index (χ1n) is 11.5. The van der Waals surface area contributed by atoms with Crippen molar-refractivity contribution in [3.63, 3.8) is 0 Å². The molecule has 0 spiro atoms. The second kappa shape index (κ2) is 8.91. The lowest BCUT2D eigenvalue weighted by Gasteiger charge is -2.26. The van der Waals surface area contributed by atoms with Crippen molar-refractivity contribution in [2.45, 2.75) is 26.3 Å². The van der Waals surface area contributed by atoms with E-state index in [0.717, 1.165) is 18.1 Å². The first kappa shape index (κ1) is 22.7. The zero-order valence-corrected chi connectivity index (χ0v) is 19.6. The van der Waals surface area contributed by atoms with Crippen molar-refractivity contribution >= 4 is 22.6 Å². The van der Waals surface area contributed by atoms with Crippen molar-refractivity contribution in [1.29, 1.82) is 0 Å². The highest BCUT2D eigenvalue weighted by atomic mass is 19.1. The minimum absolute atomic E-state index is 0.0495. The molecule has 2 heterocycles. The lowest BCUT2D eigenvalue weighted by Crippen LogP contribution is -2.29. The van der Waals surface area contributed by atoms with E-state index >= 15 is 0 Å². The summed E-state index contributed by atoms with van der Waals surface area (Å²) in [5, 5.41) is 0.0858. The zero-order valence-electron chi connectivity index (χ0n) is 19.6. The summed E-state index contributed by atoms with van der Waals surface area (Å²) in [4.78, 5) is 28.9. The molecule has 0 aliphatic carbocycles. The molecule has 0 saturated heterocycles. The van der Waals surface area contributed by atoms with Crippen molar-refractivity contribution in [2.24, 2.45) is 0 Å². The number of anilines is 1. The average Bonchev–Trinajstić information content (AvgIpc) is 3.17. The third-order valence-electron chi connectivity index (χ3n) is 6.26. The van der Waals surface area contributed by atoms with E-state index in [2.05, 4.69) is 0 Å². The Balaban J connectivity index is 1.77. The van der Waals surface area contributed by atoms with Crippen LogP contribution in [0.1, 0.15) is 47.1 Å². The molecule has 0 radical (unpaired) electrons. The van der Waals surface area contributed by atoms with Gasteiger partial charge in [0.15, 0.2) is 16.9 Å². The van der Waals surface area contributed by atoms with Crippen molar-refractivity contribution in [2.75, 3.05) is 18.6 Å². The van der Waals surface area contributed by atoms with Crippen LogP contribution in [-0.4, -0.2) is 19.6 Å². The van der Waals surface area contributed by atoms with E-state index in [4.69, 9.17) is 13.9 Å². The molecule has 5 rings (SSSR count). The standard InChI is InChI=1S/C28H24FNO5/c1-4-16-6-10-19(11-7-16)30-25(17-8-12-22(34-5-2)23(14-17)33-3)24-26(31)20-15-18(29)9-13-21(20)35-27(24)28(30)32/h6-15,25H,4-5H2,1-3H3. The van der Waals surface area contributed by atoms with Gasteiger partial charge >= 0.3 is 0 Å². The number of benzene rings is 3. The number of halogens is 1. The maximum atomic E-state index is 14.0. The number of aryl methyl sites for hydroxylation is 1. The van der Waals surface area contributed by atoms with Crippen LogP contribution in [0.2, 0.25) is 0 Å². The molecule has 7 heteroatoms. The van der Waals surface area contributed by atoms with E-state index in [9.17, 15) is 14.0 Å². The monoisotopic (exact) mass is 473 g/mol. The number of methoxy groups -OCH3 is 1. The third kappa shape index (κ3) is 3.73. The average molecular weight is 474 g/mol. The number of rotatable bonds is 6. The Bertz CT molecular complexity index is 1490. The minimum atomic E-state index is -0.793. The van der Waals surface area contributed by atoms with E-state index in [1.165, 1.54) is 19.2 Å². The maximum Gasteiger partial charge on any atom is 0.295 e. The number of hydrogen-bond acceptors (Lipinski definition) is 5. The second-order valence-electron chi connectivity index (χ2n) is 8.26. The summed E-state index contributed by atoms with van der Waals surface area (Å²) in [5.74, 6) is -0.0187. The molecule has 35 heavy (non-hydrogen) atoms. The van der Waals surface area contributed by atoms with E-state index < -0.39 is 23.2 Å². The number of carbonyl (C=O) groups is 1. The Labute approximate surface area is 201 Å². The topological polar surface area (TPSA) is 69.0 Å². The number of carbonyl (C=O) groups excluding carboxylic acids is 1. The van der Waals surface area contributed by atoms with Crippen LogP contribution < -0.4 is 19.8 Å². The van der Waals surface area contributed by atoms with Crippen LogP contribution in [0.25, 0.3) is 11.0 Å². The molecule has 1 unspecified atom stereocenters. The number of amides is 1. The van der Waals surface area contributed by atoms with Gasteiger partial charge in [-0.2, -0.15) is 0 Å². The van der Waals surface area contributed by atoms with Gasteiger partial charge in [-0.25, -0.2) is 4.39 Å². The molecule has 1 atom stereocenters. The fraction of sp³-hybridized carbons (Fsp3) is 0.214. The van der Waals surface area contributed by atoms with E-state index in [1.54, 1.807) is 23.1 Å². The Kier molecular flexibility index (Phi) is 5.76. The van der Waals surface area contributed by atoms with Gasteiger partial charge in [-0.05, 0) is 66.9 Å². The number of nitrogens with zero attached hydrogens (tertiary/aromatic N) is 1. The molecule has 0 N–H and O–H groups in total. The largest absolute Gasteiger partial charge is 0.493 e. The first-order valence-corrected chi connectivity index (χ1v) is 11.5. The summed E-state index contributed by atoms with van der Waals surface area (Å²) in [5.41, 5.74) is 2.26. The fourth-order valence-corrected chi connectivity index (χ4v) is 4.55. The van der Waals surface area contributed by atoms with Gasteiger partial charge in [0.05, 0.1) is 30.7 Å². The predicted octanol–water partition coefficient (Wildman–Crippen LogP) is 5.65. The quantitative estimate of drug-likeness (QED) is 0.362. The van der Waals surface area contributed by atoms with Gasteiger partial charge in [0.1, 0.15) is 11.4 Å². The molecule has 1 aliphatic heterocycles. The summed E-state index contributed by atoms with van der Waals surface area (Å²) >= 11 is 0. The Morgan fingerprint density at radius 2 is 1.74 bits per heavy atom. The molecule has 0 bridgehead atoms. The molecule has 178 valence electrons. The minimum Gasteiger partial charge on any atom is -0.493 e. The van der Waals surface area contributed by atoms with Gasteiger partial charge < -0.3 is 13.9 Å². The van der Waals surface area contributed by atoms with Gasteiger partial charge in [0, 0.05) is 5.69 Å². The molecule has 0 saturated carbocycles. The first-order chi connectivity index (χ1) is 17.0. The zero-order chi connectivity index (χ0) is 24.7. The summed E-state index contributed by atoms with van der Waals surface area (Å²) in [6.45, 7) is 4.38. The molecular weight excluding hydrogens is 449 g/mol. The molecule has 3 aromatic carbocycles. The Morgan fingerprint density at radius 1 is 0.971 bits per heavy atom. The van der Waals surface area contributed by atoms with E-state index in [1.807, 2.05) is 38.1 Å². The Morgan fingerprint density at radius 3 is 2.43 bits per heavy atom. The molecular formula is C28H24FNO5. The Hall–Kier alpha value is -4.13. The van der Waals surface area contributed by atoms with Crippen LogP contribution >= 0.6 is 0 Å². The lowest BCUT2D eigenvalue weighted by atomic mass is 9.97. The van der Waals surface area contributed by atoms with Crippen molar-refractivity contribution in [3.05, 3.63) is 99.2 Å². The van der Waals surface area contributed by atoms with Gasteiger partial charge in [-0.1, -0.05) is 25.1 Å². The van der Waals surface area contributed by atoms with Crippen LogP contribution in [0.4, 0.5) is 10.1 Å². The molecule has 1 aromatic heterocycles. The lowest BCUT2D eigenvalue weighted by molar-refractivity contribution is 0.0971. The summed E-state index contributed by atoms with van der Waals surface area (Å²) in [6.07, 6.45) is 0.852. The number of fused-ring (bicyclic) bond motifs is 2. The maximum absolute atomic E-state index is 14.0. The van der Waals surface area contributed by atoms with Crippen molar-refractivity contribution < 1.29 is 23.1 Å². The molecule has 6 nitrogen and oxygen atoms in total. The summed E-state index contributed by atoms with van der Waals surface area (Å²) in [6, 6.07) is 15.8. The van der Waals surface area contributed by atoms with Crippen LogP contribution in [0.3, 0.4) is 0 Å². The SMILES string of the molecule is CCOc1ccc(C2c3c(oc4ccc(F)cc4c3=O)C(=O)N2c2ccc(CC)cc2)cc1OC. The van der Waals surface area contributed by atoms with Crippen LogP contribution in [0.5, 0.6) is 11.5 Å². The van der Waals surface area contributed by atoms with Crippen LogP contribution in [0.15, 0.2) is 69.9 Å². The van der Waals surface area contributed by atoms with E-state index in [0.29, 0.717) is 29.4 Å². The fourth-order valence-electron chi connectivity index (χ4n) is 4.55. The number of hydrogen-bond donors (Lipinski definition) is 0. The van der Waals surface area contributed by atoms with E-state index in [-0.39, 0.29) is 22.3 Å². The predicted molar refractivity (Wildman–Crippen MR) is 131 cm³/mol. The van der Waals surface area contributed by atoms with Gasteiger partial charge in [-0.3, -0.25) is 14.5 Å². The normalized spacial score (nSPS) is 14.9. The second-order valence-corrected chi connectivity index (χ2v) is 8.26. The van der Waals surface area contributed by atoms with Gasteiger partial charge in [-0.15, -0.1) is 0 Å². The molecule has 1 aliphatic rings. The number of ether oxygens (including phenoxy) is 2. The summed E-state index contributed by atoms with van der Waals surface area (Å²) in [7, 11) is 1.53. The van der Waals surface area contributed by atoms with Gasteiger partial charge in [0.2, 0.25) is 5.76 Å². The molecule has 1 amide bonds. The van der Waals surface area contributed by atoms with Crippen LogP contribution in [0, 0.1) is 5.82 Å². The molecule has 4 aromatic rings. The highest BCUT2D eigenvalue weighted by molar-refractivity contribution is 6.10. The smallest absolute Gasteiger partial charge is 0.295 e. The van der Waals surface area contributed by atoms with Crippen molar-refractivity contribution in [1.82, 2.24) is 0 Å². The van der Waals surface area contributed by atoms with Gasteiger partial charge in [0.25, 0.3) is 5.91 Å². The third-order valence-corrected chi connectivity index (χ3v) is 6.26. The highest BCUT2D eigenvalue weighted by Gasteiger charge is 2.44. The van der Waals surface area contributed by atoms with Crippen LogP contribution in [-0.2, 0) is 6.42 Å².